The molecule has 0 aliphatic rings. The van der Waals surface area contributed by atoms with Crippen molar-refractivity contribution >= 4 is 23.3 Å². The Labute approximate surface area is 101 Å². The molecule has 0 saturated heterocycles. The van der Waals surface area contributed by atoms with Crippen molar-refractivity contribution in [3.63, 3.8) is 0 Å². The van der Waals surface area contributed by atoms with Crippen molar-refractivity contribution in [2.24, 2.45) is 0 Å². The molecule has 0 fully saturated rings. The predicted molar refractivity (Wildman–Crippen MR) is 61.4 cm³/mol. The van der Waals surface area contributed by atoms with E-state index in [0.717, 1.165) is 0 Å². The van der Waals surface area contributed by atoms with Crippen LogP contribution in [0.25, 0.3) is 0 Å². The summed E-state index contributed by atoms with van der Waals surface area (Å²) in [6, 6.07) is 5.85. The summed E-state index contributed by atoms with van der Waals surface area (Å²) < 4.78 is 13.2. The molecule has 4 nitrogen and oxygen atoms in total. The van der Waals surface area contributed by atoms with Crippen molar-refractivity contribution in [1.29, 1.82) is 0 Å². The number of nitrogens with zero attached hydrogens (tertiary/aromatic N) is 2. The van der Waals surface area contributed by atoms with E-state index in [9.17, 15) is 9.18 Å². The standard InChI is InChI=1S/C11H7ClFN3O/c12-7-3-5-14-9(6-7)16-11(17)8-2-1-4-15-10(8)13/h1-6H,(H,14,16,17). The molecule has 0 aliphatic heterocycles. The molecule has 0 saturated carbocycles. The van der Waals surface area contributed by atoms with Crippen LogP contribution in [0, 0.1) is 5.95 Å². The first kappa shape index (κ1) is 11.5. The SMILES string of the molecule is O=C(Nc1cc(Cl)ccn1)c1cccnc1F. The number of anilines is 1. The van der Waals surface area contributed by atoms with Crippen molar-refractivity contribution in [3.05, 3.63) is 53.2 Å². The Morgan fingerprint density at radius 1 is 1.29 bits per heavy atom. The number of aromatic nitrogens is 2. The smallest absolute Gasteiger partial charge is 0.261 e. The number of hydrogen-bond donors (Lipinski definition) is 1. The zero-order chi connectivity index (χ0) is 12.3. The zero-order valence-electron chi connectivity index (χ0n) is 8.52. The number of rotatable bonds is 2. The van der Waals surface area contributed by atoms with Crippen LogP contribution in [-0.4, -0.2) is 15.9 Å². The second kappa shape index (κ2) is 4.88. The lowest BCUT2D eigenvalue weighted by Gasteiger charge is -2.04. The van der Waals surface area contributed by atoms with Gasteiger partial charge in [-0.3, -0.25) is 4.79 Å². The second-order valence-electron chi connectivity index (χ2n) is 3.16. The first-order valence-electron chi connectivity index (χ1n) is 4.70. The second-order valence-corrected chi connectivity index (χ2v) is 3.59. The molecule has 1 N–H and O–H groups in total. The van der Waals surface area contributed by atoms with E-state index in [2.05, 4.69) is 15.3 Å². The van der Waals surface area contributed by atoms with Gasteiger partial charge in [0.15, 0.2) is 0 Å². The molecule has 6 heteroatoms. The molecule has 2 aromatic heterocycles. The molecule has 2 heterocycles. The molecular weight excluding hydrogens is 245 g/mol. The summed E-state index contributed by atoms with van der Waals surface area (Å²) >= 11 is 5.73. The largest absolute Gasteiger partial charge is 0.306 e. The van der Waals surface area contributed by atoms with Gasteiger partial charge in [0.2, 0.25) is 5.95 Å². The minimum absolute atomic E-state index is 0.144. The summed E-state index contributed by atoms with van der Waals surface area (Å²) in [5.74, 6) is -1.19. The van der Waals surface area contributed by atoms with Crippen molar-refractivity contribution in [3.8, 4) is 0 Å². The maximum Gasteiger partial charge on any atom is 0.261 e. The molecule has 0 unspecified atom stereocenters. The lowest BCUT2D eigenvalue weighted by molar-refractivity contribution is 0.102. The number of nitrogens with one attached hydrogen (secondary N) is 1. The van der Waals surface area contributed by atoms with E-state index >= 15 is 0 Å². The molecule has 2 rings (SSSR count). The van der Waals surface area contributed by atoms with Crippen LogP contribution in [0.5, 0.6) is 0 Å². The van der Waals surface area contributed by atoms with Crippen molar-refractivity contribution in [1.82, 2.24) is 9.97 Å². The van der Waals surface area contributed by atoms with Gasteiger partial charge < -0.3 is 5.32 Å². The fraction of sp³-hybridized carbons (Fsp3) is 0. The van der Waals surface area contributed by atoms with E-state index in [4.69, 9.17) is 11.6 Å². The van der Waals surface area contributed by atoms with Crippen molar-refractivity contribution < 1.29 is 9.18 Å². The van der Waals surface area contributed by atoms with E-state index < -0.39 is 11.9 Å². The van der Waals surface area contributed by atoms with Gasteiger partial charge in [0.25, 0.3) is 5.91 Å². The van der Waals surface area contributed by atoms with Crippen LogP contribution in [-0.2, 0) is 0 Å². The number of amides is 1. The summed E-state index contributed by atoms with van der Waals surface area (Å²) in [7, 11) is 0. The molecule has 2 aromatic rings. The molecule has 0 bridgehead atoms. The number of pyridine rings is 2. The molecule has 0 aromatic carbocycles. The van der Waals surface area contributed by atoms with Gasteiger partial charge in [-0.25, -0.2) is 9.97 Å². The maximum absolute atomic E-state index is 13.2. The molecule has 0 aliphatic carbocycles. The van der Waals surface area contributed by atoms with Crippen LogP contribution in [0.3, 0.4) is 0 Å². The molecule has 0 spiro atoms. The third-order valence-electron chi connectivity index (χ3n) is 1.97. The molecular formula is C11H7ClFN3O. The molecule has 1 amide bonds. The summed E-state index contributed by atoms with van der Waals surface area (Å²) in [4.78, 5) is 18.9. The quantitative estimate of drug-likeness (QED) is 0.835. The van der Waals surface area contributed by atoms with Gasteiger partial charge in [-0.1, -0.05) is 11.6 Å². The van der Waals surface area contributed by atoms with Crippen molar-refractivity contribution in [2.75, 3.05) is 5.32 Å². The van der Waals surface area contributed by atoms with Crippen LogP contribution in [0.1, 0.15) is 10.4 Å². The lowest BCUT2D eigenvalue weighted by Crippen LogP contribution is -2.15. The van der Waals surface area contributed by atoms with Gasteiger partial charge in [0.1, 0.15) is 5.82 Å². The summed E-state index contributed by atoms with van der Waals surface area (Å²) in [5, 5.41) is 2.86. The fourth-order valence-electron chi connectivity index (χ4n) is 1.21. The Morgan fingerprint density at radius 2 is 2.12 bits per heavy atom. The average molecular weight is 252 g/mol. The summed E-state index contributed by atoms with van der Waals surface area (Å²) in [6.07, 6.45) is 2.71. The van der Waals surface area contributed by atoms with Crippen LogP contribution < -0.4 is 5.32 Å². The highest BCUT2D eigenvalue weighted by Gasteiger charge is 2.12. The number of halogens is 2. The third-order valence-corrected chi connectivity index (χ3v) is 2.20. The van der Waals surface area contributed by atoms with Crippen LogP contribution in [0.15, 0.2) is 36.7 Å². The zero-order valence-corrected chi connectivity index (χ0v) is 9.28. The fourth-order valence-corrected chi connectivity index (χ4v) is 1.37. The number of carbonyl (C=O) groups is 1. The van der Waals surface area contributed by atoms with E-state index in [1.165, 1.54) is 30.6 Å². The van der Waals surface area contributed by atoms with Gasteiger partial charge in [-0.2, -0.15) is 4.39 Å². The monoisotopic (exact) mass is 251 g/mol. The summed E-state index contributed by atoms with van der Waals surface area (Å²) in [5.41, 5.74) is -0.144. The van der Waals surface area contributed by atoms with Gasteiger partial charge in [0, 0.05) is 17.4 Å². The van der Waals surface area contributed by atoms with E-state index in [-0.39, 0.29) is 11.4 Å². The Morgan fingerprint density at radius 3 is 2.82 bits per heavy atom. The Bertz CT molecular complexity index is 562. The van der Waals surface area contributed by atoms with E-state index in [1.54, 1.807) is 6.07 Å². The minimum Gasteiger partial charge on any atom is -0.306 e. The van der Waals surface area contributed by atoms with Crippen LogP contribution in [0.2, 0.25) is 5.02 Å². The molecule has 86 valence electrons. The maximum atomic E-state index is 13.2. The molecule has 0 radical (unpaired) electrons. The normalized spacial score (nSPS) is 10.0. The number of carbonyl (C=O) groups excluding carboxylic acids is 1. The van der Waals surface area contributed by atoms with E-state index in [0.29, 0.717) is 5.02 Å². The average Bonchev–Trinajstić information content (AvgIpc) is 2.29. The highest BCUT2D eigenvalue weighted by Crippen LogP contribution is 2.13. The molecule has 17 heavy (non-hydrogen) atoms. The predicted octanol–water partition coefficient (Wildman–Crippen LogP) is 2.52. The Hall–Kier alpha value is -2.01. The Kier molecular flexibility index (Phi) is 3.30. The highest BCUT2D eigenvalue weighted by molar-refractivity contribution is 6.30. The highest BCUT2D eigenvalue weighted by atomic mass is 35.5. The molecule has 0 atom stereocenters. The minimum atomic E-state index is -0.827. The topological polar surface area (TPSA) is 54.9 Å². The first-order chi connectivity index (χ1) is 8.16. The summed E-state index contributed by atoms with van der Waals surface area (Å²) in [6.45, 7) is 0. The van der Waals surface area contributed by atoms with Crippen LogP contribution in [0.4, 0.5) is 10.2 Å². The van der Waals surface area contributed by atoms with Crippen molar-refractivity contribution in [2.45, 2.75) is 0 Å². The third kappa shape index (κ3) is 2.76. The van der Waals surface area contributed by atoms with Gasteiger partial charge in [-0.05, 0) is 24.3 Å². The van der Waals surface area contributed by atoms with Gasteiger partial charge >= 0.3 is 0 Å². The van der Waals surface area contributed by atoms with Crippen LogP contribution >= 0.6 is 11.6 Å². The van der Waals surface area contributed by atoms with Gasteiger partial charge in [-0.15, -0.1) is 0 Å². The lowest BCUT2D eigenvalue weighted by atomic mass is 10.2. The first-order valence-corrected chi connectivity index (χ1v) is 5.08. The Balaban J connectivity index is 2.20. The van der Waals surface area contributed by atoms with Gasteiger partial charge in [0.05, 0.1) is 5.56 Å². The number of hydrogen-bond acceptors (Lipinski definition) is 3. The van der Waals surface area contributed by atoms with E-state index in [1.807, 2.05) is 0 Å².